The van der Waals surface area contributed by atoms with E-state index in [0.717, 1.165) is 6.42 Å². The highest BCUT2D eigenvalue weighted by Crippen LogP contribution is 2.37. The van der Waals surface area contributed by atoms with Gasteiger partial charge in [0.05, 0.1) is 17.1 Å². The van der Waals surface area contributed by atoms with Crippen molar-refractivity contribution in [2.45, 2.75) is 31.5 Å². The molecule has 1 saturated carbocycles. The molecule has 1 saturated heterocycles. The number of nitrogens with zero attached hydrogens (tertiary/aromatic N) is 1. The quantitative estimate of drug-likeness (QED) is 0.631. The zero-order valence-corrected chi connectivity index (χ0v) is 11.6. The Morgan fingerprint density at radius 3 is 2.95 bits per heavy atom. The number of amides is 1. The van der Waals surface area contributed by atoms with Crippen LogP contribution >= 0.6 is 0 Å². The predicted octanol–water partition coefficient (Wildman–Crippen LogP) is 0.748. The molecule has 7 heteroatoms. The number of nitro benzene ring substituents is 1. The first-order valence-corrected chi connectivity index (χ1v) is 6.92. The van der Waals surface area contributed by atoms with Gasteiger partial charge in [-0.2, -0.15) is 0 Å². The molecular formula is C14H17N3O4. The van der Waals surface area contributed by atoms with Crippen LogP contribution in [-0.2, 0) is 4.74 Å². The van der Waals surface area contributed by atoms with E-state index >= 15 is 0 Å². The molecule has 1 heterocycles. The predicted molar refractivity (Wildman–Crippen MR) is 74.9 cm³/mol. The summed E-state index contributed by atoms with van der Waals surface area (Å²) in [6.45, 7) is 2.36. The third-order valence-corrected chi connectivity index (χ3v) is 4.41. The Kier molecular flexibility index (Phi) is 3.38. The van der Waals surface area contributed by atoms with Gasteiger partial charge < -0.3 is 15.8 Å². The second kappa shape index (κ2) is 5.09. The Hall–Kier alpha value is -1.99. The Bertz CT molecular complexity index is 604. The first-order valence-electron chi connectivity index (χ1n) is 6.92. The molecule has 2 fully saturated rings. The number of carbonyl (C=O) groups excluding carboxylic acids is 1. The van der Waals surface area contributed by atoms with E-state index in [1.807, 2.05) is 0 Å². The van der Waals surface area contributed by atoms with Crippen molar-refractivity contribution in [2.75, 3.05) is 6.61 Å². The van der Waals surface area contributed by atoms with Crippen molar-refractivity contribution >= 4 is 11.6 Å². The molecule has 1 aromatic carbocycles. The van der Waals surface area contributed by atoms with E-state index in [0.29, 0.717) is 23.7 Å². The molecule has 0 bridgehead atoms. The van der Waals surface area contributed by atoms with Crippen LogP contribution in [0, 0.1) is 23.0 Å². The topological polar surface area (TPSA) is 107 Å². The number of aryl methyl sites for hydroxylation is 1. The number of non-ortho nitro benzene ring substituents is 1. The third kappa shape index (κ3) is 2.28. The molecule has 3 N–H and O–H groups in total. The highest BCUT2D eigenvalue weighted by Gasteiger charge is 2.52. The number of nitrogens with two attached hydrogens (primary N) is 1. The average molecular weight is 291 g/mol. The number of ether oxygens (including phenoxy) is 1. The lowest BCUT2D eigenvalue weighted by molar-refractivity contribution is -0.384. The summed E-state index contributed by atoms with van der Waals surface area (Å²) < 4.78 is 5.57. The van der Waals surface area contributed by atoms with Gasteiger partial charge in [0, 0.05) is 36.3 Å². The van der Waals surface area contributed by atoms with E-state index in [4.69, 9.17) is 10.5 Å². The van der Waals surface area contributed by atoms with Gasteiger partial charge in [-0.25, -0.2) is 0 Å². The van der Waals surface area contributed by atoms with E-state index < -0.39 is 4.92 Å². The van der Waals surface area contributed by atoms with Crippen LogP contribution < -0.4 is 11.1 Å². The lowest BCUT2D eigenvalue weighted by Crippen LogP contribution is -2.69. The van der Waals surface area contributed by atoms with Gasteiger partial charge in [-0.3, -0.25) is 14.9 Å². The number of hydrogen-bond donors (Lipinski definition) is 2. The molecule has 7 nitrogen and oxygen atoms in total. The molecule has 1 amide bonds. The van der Waals surface area contributed by atoms with Gasteiger partial charge in [0.15, 0.2) is 0 Å². The van der Waals surface area contributed by atoms with Crippen LogP contribution in [0.1, 0.15) is 22.3 Å². The van der Waals surface area contributed by atoms with Gasteiger partial charge in [-0.15, -0.1) is 0 Å². The van der Waals surface area contributed by atoms with Gasteiger partial charge in [0.25, 0.3) is 11.6 Å². The van der Waals surface area contributed by atoms with E-state index in [2.05, 4.69) is 5.32 Å². The fraction of sp³-hybridized carbons (Fsp3) is 0.500. The van der Waals surface area contributed by atoms with Crippen molar-refractivity contribution in [1.29, 1.82) is 0 Å². The fourth-order valence-electron chi connectivity index (χ4n) is 3.17. The summed E-state index contributed by atoms with van der Waals surface area (Å²) in [7, 11) is 0. The Morgan fingerprint density at radius 2 is 2.29 bits per heavy atom. The first kappa shape index (κ1) is 14.0. The van der Waals surface area contributed by atoms with E-state index in [-0.39, 0.29) is 29.8 Å². The van der Waals surface area contributed by atoms with Crippen molar-refractivity contribution in [1.82, 2.24) is 5.32 Å². The first-order chi connectivity index (χ1) is 9.99. The summed E-state index contributed by atoms with van der Waals surface area (Å²) in [6.07, 6.45) is 0.941. The summed E-state index contributed by atoms with van der Waals surface area (Å²) in [4.78, 5) is 22.5. The highest BCUT2D eigenvalue weighted by molar-refractivity contribution is 5.96. The number of nitrogens with one attached hydrogen (secondary N) is 1. The molecule has 112 valence electrons. The minimum atomic E-state index is -0.479. The number of fused-ring (bicyclic) bond motifs is 1. The average Bonchev–Trinajstić information content (AvgIpc) is 2.89. The largest absolute Gasteiger partial charge is 0.376 e. The van der Waals surface area contributed by atoms with E-state index in [1.54, 1.807) is 6.92 Å². The fourth-order valence-corrected chi connectivity index (χ4v) is 3.17. The van der Waals surface area contributed by atoms with Crippen molar-refractivity contribution in [2.24, 2.45) is 11.7 Å². The number of nitro groups is 1. The van der Waals surface area contributed by atoms with Crippen LogP contribution in [0.5, 0.6) is 0 Å². The van der Waals surface area contributed by atoms with Crippen molar-refractivity contribution in [3.05, 3.63) is 39.4 Å². The summed E-state index contributed by atoms with van der Waals surface area (Å²) in [5, 5.41) is 13.6. The standard InChI is InChI=1S/C14H17N3O4/c1-7-6-8(17(19)20)2-3-9(7)14(18)16-12-11(15)10-4-5-21-13(10)12/h2-3,6,10-13H,4-5,15H2,1H3,(H,16,18). The minimum absolute atomic E-state index is 0.00213. The molecule has 0 radical (unpaired) electrons. The molecule has 0 spiro atoms. The maximum Gasteiger partial charge on any atom is 0.269 e. The lowest BCUT2D eigenvalue weighted by Gasteiger charge is -2.45. The van der Waals surface area contributed by atoms with Crippen LogP contribution in [0.3, 0.4) is 0 Å². The maximum absolute atomic E-state index is 12.3. The maximum atomic E-state index is 12.3. The van der Waals surface area contributed by atoms with Gasteiger partial charge in [0.1, 0.15) is 0 Å². The second-order valence-corrected chi connectivity index (χ2v) is 5.62. The van der Waals surface area contributed by atoms with Crippen molar-refractivity contribution in [3.8, 4) is 0 Å². The smallest absolute Gasteiger partial charge is 0.269 e. The number of rotatable bonds is 3. The van der Waals surface area contributed by atoms with Gasteiger partial charge in [0.2, 0.25) is 0 Å². The van der Waals surface area contributed by atoms with E-state index in [9.17, 15) is 14.9 Å². The Labute approximate surface area is 121 Å². The summed E-state index contributed by atoms with van der Waals surface area (Å²) in [6, 6.07) is 3.93. The number of benzene rings is 1. The summed E-state index contributed by atoms with van der Waals surface area (Å²) >= 11 is 0. The zero-order chi connectivity index (χ0) is 15.1. The monoisotopic (exact) mass is 291 g/mol. The van der Waals surface area contributed by atoms with Crippen LogP contribution in [0.2, 0.25) is 0 Å². The molecule has 2 aliphatic rings. The molecule has 4 unspecified atom stereocenters. The van der Waals surface area contributed by atoms with Gasteiger partial charge in [-0.05, 0) is 25.0 Å². The normalized spacial score (nSPS) is 30.4. The molecule has 1 aliphatic carbocycles. The van der Waals surface area contributed by atoms with Gasteiger partial charge >= 0.3 is 0 Å². The lowest BCUT2D eigenvalue weighted by atomic mass is 9.72. The van der Waals surface area contributed by atoms with Crippen molar-refractivity contribution < 1.29 is 14.5 Å². The molecule has 3 rings (SSSR count). The van der Waals surface area contributed by atoms with Crippen LogP contribution in [0.4, 0.5) is 5.69 Å². The molecule has 1 aromatic rings. The Balaban J connectivity index is 1.72. The van der Waals surface area contributed by atoms with Crippen LogP contribution in [-0.4, -0.2) is 35.6 Å². The molecule has 1 aliphatic heterocycles. The minimum Gasteiger partial charge on any atom is -0.376 e. The molecule has 21 heavy (non-hydrogen) atoms. The highest BCUT2D eigenvalue weighted by atomic mass is 16.6. The summed E-state index contributed by atoms with van der Waals surface area (Å²) in [5.74, 6) is 0.0602. The SMILES string of the molecule is Cc1cc([N+](=O)[O-])ccc1C(=O)NC1C(N)C2CCOC21. The van der Waals surface area contributed by atoms with Gasteiger partial charge in [-0.1, -0.05) is 0 Å². The Morgan fingerprint density at radius 1 is 1.52 bits per heavy atom. The molecule has 0 aromatic heterocycles. The molecule has 4 atom stereocenters. The van der Waals surface area contributed by atoms with Crippen molar-refractivity contribution in [3.63, 3.8) is 0 Å². The zero-order valence-electron chi connectivity index (χ0n) is 11.6. The second-order valence-electron chi connectivity index (χ2n) is 5.62. The van der Waals surface area contributed by atoms with Crippen LogP contribution in [0.15, 0.2) is 18.2 Å². The van der Waals surface area contributed by atoms with Crippen LogP contribution in [0.25, 0.3) is 0 Å². The number of hydrogen-bond acceptors (Lipinski definition) is 5. The van der Waals surface area contributed by atoms with E-state index in [1.165, 1.54) is 18.2 Å². The summed E-state index contributed by atoms with van der Waals surface area (Å²) in [5.41, 5.74) is 7.02. The molecular weight excluding hydrogens is 274 g/mol. The number of carbonyl (C=O) groups is 1. The third-order valence-electron chi connectivity index (χ3n) is 4.41.